The summed E-state index contributed by atoms with van der Waals surface area (Å²) in [5.74, 6) is -0.385. The van der Waals surface area contributed by atoms with Gasteiger partial charge >= 0.3 is 0 Å². The largest absolute Gasteiger partial charge is 0.369 e. The zero-order valence-electron chi connectivity index (χ0n) is 9.59. The van der Waals surface area contributed by atoms with Crippen molar-refractivity contribution in [2.75, 3.05) is 46.8 Å². The normalized spacial score (nSPS) is 20.2. The first-order valence-electron chi connectivity index (χ1n) is 5.02. The molecule has 0 spiro atoms. The summed E-state index contributed by atoms with van der Waals surface area (Å²) in [5, 5.41) is 0. The standard InChI is InChI=1S/C8H18N4O3S/c1-10(2)16(14,15)12-5-3-11(4-6-12)7-8(9)13/h3-7H2,1-2H3,(H2,9,13). The Balaban J connectivity index is 2.52. The molecule has 0 aromatic heterocycles. The Morgan fingerprint density at radius 1 is 1.25 bits per heavy atom. The molecule has 8 heteroatoms. The molecule has 0 aliphatic carbocycles. The van der Waals surface area contributed by atoms with E-state index >= 15 is 0 Å². The van der Waals surface area contributed by atoms with Crippen molar-refractivity contribution in [3.05, 3.63) is 0 Å². The minimum atomic E-state index is -3.33. The van der Waals surface area contributed by atoms with E-state index in [1.807, 2.05) is 4.90 Å². The quantitative estimate of drug-likeness (QED) is 0.619. The molecular formula is C8H18N4O3S. The smallest absolute Gasteiger partial charge is 0.281 e. The molecular weight excluding hydrogens is 232 g/mol. The first-order chi connectivity index (χ1) is 7.34. The van der Waals surface area contributed by atoms with Crippen molar-refractivity contribution in [2.24, 2.45) is 5.73 Å². The minimum Gasteiger partial charge on any atom is -0.369 e. The van der Waals surface area contributed by atoms with Crippen LogP contribution in [0.15, 0.2) is 0 Å². The predicted molar refractivity (Wildman–Crippen MR) is 59.8 cm³/mol. The lowest BCUT2D eigenvalue weighted by Crippen LogP contribution is -2.52. The Hall–Kier alpha value is -0.700. The summed E-state index contributed by atoms with van der Waals surface area (Å²) in [6.45, 7) is 2.06. The number of rotatable bonds is 4. The van der Waals surface area contributed by atoms with Crippen molar-refractivity contribution in [3.63, 3.8) is 0 Å². The maximum atomic E-state index is 11.8. The van der Waals surface area contributed by atoms with Gasteiger partial charge in [0.05, 0.1) is 6.54 Å². The van der Waals surface area contributed by atoms with Crippen molar-refractivity contribution < 1.29 is 13.2 Å². The second-order valence-electron chi connectivity index (χ2n) is 3.93. The second kappa shape index (κ2) is 5.09. The van der Waals surface area contributed by atoms with Gasteiger partial charge in [-0.1, -0.05) is 0 Å². The van der Waals surface area contributed by atoms with E-state index in [1.54, 1.807) is 0 Å². The van der Waals surface area contributed by atoms with Crippen molar-refractivity contribution in [3.8, 4) is 0 Å². The highest BCUT2D eigenvalue weighted by atomic mass is 32.2. The van der Waals surface area contributed by atoms with Crippen LogP contribution in [0, 0.1) is 0 Å². The molecule has 1 amide bonds. The average Bonchev–Trinajstić information content (AvgIpc) is 2.17. The summed E-state index contributed by atoms with van der Waals surface area (Å²) >= 11 is 0. The van der Waals surface area contributed by atoms with Crippen LogP contribution in [0.2, 0.25) is 0 Å². The molecule has 1 fully saturated rings. The molecule has 1 aliphatic rings. The lowest BCUT2D eigenvalue weighted by Gasteiger charge is -2.34. The molecule has 0 aromatic rings. The van der Waals surface area contributed by atoms with Crippen molar-refractivity contribution in [1.29, 1.82) is 0 Å². The number of carbonyl (C=O) groups excluding carboxylic acids is 1. The fourth-order valence-corrected chi connectivity index (χ4v) is 2.66. The van der Waals surface area contributed by atoms with Crippen LogP contribution in [-0.2, 0) is 15.0 Å². The molecule has 2 N–H and O–H groups in total. The number of hydrogen-bond donors (Lipinski definition) is 1. The highest BCUT2D eigenvalue weighted by Crippen LogP contribution is 2.08. The minimum absolute atomic E-state index is 0.190. The van der Waals surface area contributed by atoms with Gasteiger partial charge in [-0.25, -0.2) is 0 Å². The molecule has 0 unspecified atom stereocenters. The van der Waals surface area contributed by atoms with E-state index in [0.29, 0.717) is 26.2 Å². The number of piperazine rings is 1. The zero-order valence-corrected chi connectivity index (χ0v) is 10.4. The lowest BCUT2D eigenvalue weighted by atomic mass is 10.3. The van der Waals surface area contributed by atoms with Crippen LogP contribution in [0.3, 0.4) is 0 Å². The van der Waals surface area contributed by atoms with Gasteiger partial charge in [0.25, 0.3) is 10.2 Å². The van der Waals surface area contributed by atoms with Crippen LogP contribution >= 0.6 is 0 Å². The number of amides is 1. The van der Waals surface area contributed by atoms with Crippen molar-refractivity contribution in [2.45, 2.75) is 0 Å². The number of nitrogens with two attached hydrogens (primary N) is 1. The maximum absolute atomic E-state index is 11.8. The molecule has 1 rings (SSSR count). The van der Waals surface area contributed by atoms with E-state index in [2.05, 4.69) is 0 Å². The fourth-order valence-electron chi connectivity index (χ4n) is 1.57. The summed E-state index contributed by atoms with van der Waals surface area (Å²) in [5.41, 5.74) is 5.07. The molecule has 1 heterocycles. The summed E-state index contributed by atoms with van der Waals surface area (Å²) in [6.07, 6.45) is 0. The molecule has 16 heavy (non-hydrogen) atoms. The van der Waals surface area contributed by atoms with E-state index in [0.717, 1.165) is 0 Å². The molecule has 0 atom stereocenters. The first-order valence-corrected chi connectivity index (χ1v) is 6.42. The first kappa shape index (κ1) is 13.4. The predicted octanol–water partition coefficient (Wildman–Crippen LogP) is -2.10. The third kappa shape index (κ3) is 3.14. The molecule has 7 nitrogen and oxygen atoms in total. The summed E-state index contributed by atoms with van der Waals surface area (Å²) in [7, 11) is -0.318. The third-order valence-corrected chi connectivity index (χ3v) is 4.44. The van der Waals surface area contributed by atoms with E-state index in [4.69, 9.17) is 5.73 Å². The van der Waals surface area contributed by atoms with Gasteiger partial charge in [0, 0.05) is 40.3 Å². The molecule has 1 aliphatic heterocycles. The molecule has 1 saturated heterocycles. The molecule has 94 valence electrons. The summed E-state index contributed by atoms with van der Waals surface area (Å²) < 4.78 is 26.1. The van der Waals surface area contributed by atoms with Gasteiger partial charge in [-0.05, 0) is 0 Å². The molecule has 0 aromatic carbocycles. The Bertz CT molecular complexity index is 346. The van der Waals surface area contributed by atoms with Gasteiger partial charge in [-0.15, -0.1) is 0 Å². The van der Waals surface area contributed by atoms with Gasteiger partial charge in [0.1, 0.15) is 0 Å². The van der Waals surface area contributed by atoms with E-state index < -0.39 is 10.2 Å². The van der Waals surface area contributed by atoms with Crippen LogP contribution in [-0.4, -0.2) is 74.7 Å². The van der Waals surface area contributed by atoms with E-state index in [9.17, 15) is 13.2 Å². The van der Waals surface area contributed by atoms with Gasteiger partial charge in [0.15, 0.2) is 0 Å². The van der Waals surface area contributed by atoms with Crippen LogP contribution in [0.25, 0.3) is 0 Å². The highest BCUT2D eigenvalue weighted by Gasteiger charge is 2.28. The maximum Gasteiger partial charge on any atom is 0.281 e. The number of nitrogens with zero attached hydrogens (tertiary/aromatic N) is 3. The molecule has 0 bridgehead atoms. The second-order valence-corrected chi connectivity index (χ2v) is 6.07. The average molecular weight is 250 g/mol. The number of primary amides is 1. The van der Waals surface area contributed by atoms with Crippen LogP contribution in [0.5, 0.6) is 0 Å². The van der Waals surface area contributed by atoms with Crippen LogP contribution < -0.4 is 5.73 Å². The van der Waals surface area contributed by atoms with Crippen molar-refractivity contribution >= 4 is 16.1 Å². The zero-order chi connectivity index (χ0) is 12.3. The van der Waals surface area contributed by atoms with E-state index in [1.165, 1.54) is 22.7 Å². The summed E-state index contributed by atoms with van der Waals surface area (Å²) in [6, 6.07) is 0. The molecule has 0 saturated carbocycles. The Labute approximate surface area is 96.0 Å². The Morgan fingerprint density at radius 3 is 2.12 bits per heavy atom. The fraction of sp³-hybridized carbons (Fsp3) is 0.875. The monoisotopic (exact) mass is 250 g/mol. The third-order valence-electron chi connectivity index (χ3n) is 2.50. The van der Waals surface area contributed by atoms with Gasteiger partial charge in [-0.2, -0.15) is 17.0 Å². The number of carbonyl (C=O) groups is 1. The summed E-state index contributed by atoms with van der Waals surface area (Å²) in [4.78, 5) is 12.5. The molecule has 0 radical (unpaired) electrons. The van der Waals surface area contributed by atoms with E-state index in [-0.39, 0.29) is 12.5 Å². The van der Waals surface area contributed by atoms with Crippen molar-refractivity contribution in [1.82, 2.24) is 13.5 Å². The Morgan fingerprint density at radius 2 is 1.75 bits per heavy atom. The van der Waals surface area contributed by atoms with Gasteiger partial charge in [0.2, 0.25) is 5.91 Å². The number of hydrogen-bond acceptors (Lipinski definition) is 4. The lowest BCUT2D eigenvalue weighted by molar-refractivity contribution is -0.119. The van der Waals surface area contributed by atoms with Gasteiger partial charge in [-0.3, -0.25) is 9.69 Å². The van der Waals surface area contributed by atoms with Gasteiger partial charge < -0.3 is 5.73 Å². The SMILES string of the molecule is CN(C)S(=O)(=O)N1CCN(CC(N)=O)CC1. The van der Waals surface area contributed by atoms with Crippen LogP contribution in [0.4, 0.5) is 0 Å². The highest BCUT2D eigenvalue weighted by molar-refractivity contribution is 7.86. The van der Waals surface area contributed by atoms with Crippen LogP contribution in [0.1, 0.15) is 0 Å². The Kier molecular flexibility index (Phi) is 4.25. The topological polar surface area (TPSA) is 87.0 Å².